The number of anilines is 2. The van der Waals surface area contributed by atoms with Crippen LogP contribution < -0.4 is 20.3 Å². The maximum absolute atomic E-state index is 11.1. The molecule has 0 bridgehead atoms. The monoisotopic (exact) mass is 382 g/mol. The van der Waals surface area contributed by atoms with Gasteiger partial charge in [-0.3, -0.25) is 10.0 Å². The van der Waals surface area contributed by atoms with Crippen molar-refractivity contribution >= 4 is 28.3 Å². The van der Waals surface area contributed by atoms with E-state index in [0.29, 0.717) is 36.2 Å². The summed E-state index contributed by atoms with van der Waals surface area (Å²) < 4.78 is 11.1. The van der Waals surface area contributed by atoms with E-state index in [0.717, 1.165) is 16.6 Å². The second-order valence-electron chi connectivity index (χ2n) is 6.11. The van der Waals surface area contributed by atoms with Gasteiger partial charge in [0.2, 0.25) is 5.91 Å². The van der Waals surface area contributed by atoms with Crippen molar-refractivity contribution < 1.29 is 19.5 Å². The standard InChI is InChI=1S/C20H22N4O4/c1-13-21-16-7-4-3-6-15(16)20(22-13)23-14-9-10-17(27-2)18(12-14)28-11-5-8-19(25)24-26/h3-4,6-7,9-10,12,26H,5,8,11H2,1-2H3,(H,24,25)(H,21,22,23). The third-order valence-corrected chi connectivity index (χ3v) is 4.07. The summed E-state index contributed by atoms with van der Waals surface area (Å²) >= 11 is 0. The molecule has 3 rings (SSSR count). The van der Waals surface area contributed by atoms with Gasteiger partial charge in [-0.15, -0.1) is 0 Å². The number of aryl methyl sites for hydroxylation is 1. The van der Waals surface area contributed by atoms with Crippen LogP contribution in [0.4, 0.5) is 11.5 Å². The normalized spacial score (nSPS) is 10.5. The zero-order valence-corrected chi connectivity index (χ0v) is 15.7. The van der Waals surface area contributed by atoms with Crippen molar-refractivity contribution in [3.63, 3.8) is 0 Å². The summed E-state index contributed by atoms with van der Waals surface area (Å²) in [6, 6.07) is 13.3. The Bertz CT molecular complexity index is 978. The van der Waals surface area contributed by atoms with Crippen molar-refractivity contribution in [2.45, 2.75) is 19.8 Å². The van der Waals surface area contributed by atoms with E-state index in [-0.39, 0.29) is 6.42 Å². The van der Waals surface area contributed by atoms with E-state index >= 15 is 0 Å². The zero-order valence-electron chi connectivity index (χ0n) is 15.7. The number of amides is 1. The van der Waals surface area contributed by atoms with Crippen molar-refractivity contribution in [3.8, 4) is 11.5 Å². The molecule has 0 aliphatic rings. The van der Waals surface area contributed by atoms with Crippen LogP contribution >= 0.6 is 0 Å². The van der Waals surface area contributed by atoms with Crippen molar-refractivity contribution in [2.75, 3.05) is 19.0 Å². The molecular weight excluding hydrogens is 360 g/mol. The van der Waals surface area contributed by atoms with Gasteiger partial charge in [-0.1, -0.05) is 12.1 Å². The fourth-order valence-electron chi connectivity index (χ4n) is 2.76. The lowest BCUT2D eigenvalue weighted by atomic mass is 10.2. The highest BCUT2D eigenvalue weighted by Crippen LogP contribution is 2.32. The van der Waals surface area contributed by atoms with Gasteiger partial charge in [-0.25, -0.2) is 15.4 Å². The van der Waals surface area contributed by atoms with Crippen LogP contribution in [-0.2, 0) is 4.79 Å². The third-order valence-electron chi connectivity index (χ3n) is 4.07. The maximum atomic E-state index is 11.1. The lowest BCUT2D eigenvalue weighted by Crippen LogP contribution is -2.18. The summed E-state index contributed by atoms with van der Waals surface area (Å²) in [7, 11) is 1.57. The second kappa shape index (κ2) is 9.01. The van der Waals surface area contributed by atoms with Crippen molar-refractivity contribution in [2.24, 2.45) is 0 Å². The number of para-hydroxylation sites is 1. The van der Waals surface area contributed by atoms with Gasteiger partial charge in [0.05, 0.1) is 19.2 Å². The molecule has 1 aromatic heterocycles. The number of carbonyl (C=O) groups is 1. The van der Waals surface area contributed by atoms with Crippen LogP contribution in [0.2, 0.25) is 0 Å². The molecular formula is C20H22N4O4. The summed E-state index contributed by atoms with van der Waals surface area (Å²) in [5.74, 6) is 2.07. The van der Waals surface area contributed by atoms with Gasteiger partial charge in [-0.2, -0.15) is 0 Å². The minimum atomic E-state index is -0.447. The van der Waals surface area contributed by atoms with Crippen LogP contribution in [0, 0.1) is 6.92 Å². The number of rotatable bonds is 8. The number of nitrogens with zero attached hydrogens (tertiary/aromatic N) is 2. The second-order valence-corrected chi connectivity index (χ2v) is 6.11. The molecule has 1 amide bonds. The Hall–Kier alpha value is -3.39. The fourth-order valence-corrected chi connectivity index (χ4v) is 2.76. The van der Waals surface area contributed by atoms with Crippen molar-refractivity contribution in [1.29, 1.82) is 0 Å². The fraction of sp³-hybridized carbons (Fsp3) is 0.250. The van der Waals surface area contributed by atoms with Gasteiger partial charge in [0.1, 0.15) is 11.6 Å². The molecule has 146 valence electrons. The number of ether oxygens (including phenoxy) is 2. The zero-order chi connectivity index (χ0) is 19.9. The number of carbonyl (C=O) groups excluding carboxylic acids is 1. The molecule has 1 heterocycles. The number of hydrogen-bond donors (Lipinski definition) is 3. The minimum Gasteiger partial charge on any atom is -0.493 e. The Morgan fingerprint density at radius 2 is 1.96 bits per heavy atom. The maximum Gasteiger partial charge on any atom is 0.243 e. The summed E-state index contributed by atoms with van der Waals surface area (Å²) in [6.07, 6.45) is 0.631. The first-order valence-corrected chi connectivity index (χ1v) is 8.85. The van der Waals surface area contributed by atoms with Crippen LogP contribution in [0.25, 0.3) is 10.9 Å². The van der Waals surface area contributed by atoms with Crippen LogP contribution in [0.5, 0.6) is 11.5 Å². The number of benzene rings is 2. The van der Waals surface area contributed by atoms with Gasteiger partial charge in [0.25, 0.3) is 0 Å². The summed E-state index contributed by atoms with van der Waals surface area (Å²) in [5.41, 5.74) is 3.25. The van der Waals surface area contributed by atoms with Gasteiger partial charge < -0.3 is 14.8 Å². The molecule has 0 aliphatic heterocycles. The minimum absolute atomic E-state index is 0.170. The lowest BCUT2D eigenvalue weighted by molar-refractivity contribution is -0.129. The number of aromatic nitrogens is 2. The first kappa shape index (κ1) is 19.4. The molecule has 2 aromatic carbocycles. The molecule has 0 spiro atoms. The van der Waals surface area contributed by atoms with Gasteiger partial charge in [0.15, 0.2) is 11.5 Å². The molecule has 0 unspecified atom stereocenters. The highest BCUT2D eigenvalue weighted by molar-refractivity contribution is 5.90. The molecule has 8 heteroatoms. The van der Waals surface area contributed by atoms with Crippen LogP contribution in [0.15, 0.2) is 42.5 Å². The Labute approximate surface area is 162 Å². The summed E-state index contributed by atoms with van der Waals surface area (Å²) in [5, 5.41) is 12.8. The van der Waals surface area contributed by atoms with Gasteiger partial charge in [-0.05, 0) is 37.6 Å². The van der Waals surface area contributed by atoms with E-state index in [1.165, 1.54) is 0 Å². The van der Waals surface area contributed by atoms with E-state index in [1.54, 1.807) is 18.7 Å². The van der Waals surface area contributed by atoms with E-state index in [4.69, 9.17) is 14.7 Å². The Kier molecular flexibility index (Phi) is 6.23. The Morgan fingerprint density at radius 1 is 1.14 bits per heavy atom. The smallest absolute Gasteiger partial charge is 0.243 e. The molecule has 0 atom stereocenters. The van der Waals surface area contributed by atoms with E-state index < -0.39 is 5.91 Å². The summed E-state index contributed by atoms with van der Waals surface area (Å²) in [6.45, 7) is 2.16. The number of nitrogens with one attached hydrogen (secondary N) is 2. The number of hydrogen-bond acceptors (Lipinski definition) is 7. The van der Waals surface area contributed by atoms with Gasteiger partial charge >= 0.3 is 0 Å². The van der Waals surface area contributed by atoms with Crippen LogP contribution in [0.1, 0.15) is 18.7 Å². The third kappa shape index (κ3) is 4.66. The summed E-state index contributed by atoms with van der Waals surface area (Å²) in [4.78, 5) is 20.0. The molecule has 0 saturated carbocycles. The molecule has 28 heavy (non-hydrogen) atoms. The predicted molar refractivity (Wildman–Crippen MR) is 105 cm³/mol. The highest BCUT2D eigenvalue weighted by Gasteiger charge is 2.10. The molecule has 0 saturated heterocycles. The highest BCUT2D eigenvalue weighted by atomic mass is 16.5. The van der Waals surface area contributed by atoms with Crippen molar-refractivity contribution in [3.05, 3.63) is 48.3 Å². The van der Waals surface area contributed by atoms with Crippen LogP contribution in [-0.4, -0.2) is 34.8 Å². The van der Waals surface area contributed by atoms with Crippen LogP contribution in [0.3, 0.4) is 0 Å². The quantitative estimate of drug-likeness (QED) is 0.312. The van der Waals surface area contributed by atoms with Gasteiger partial charge in [0, 0.05) is 23.6 Å². The van der Waals surface area contributed by atoms with Crippen molar-refractivity contribution in [1.82, 2.24) is 15.4 Å². The molecule has 0 fully saturated rings. The molecule has 8 nitrogen and oxygen atoms in total. The average molecular weight is 382 g/mol. The topological polar surface area (TPSA) is 106 Å². The number of hydroxylamine groups is 1. The lowest BCUT2D eigenvalue weighted by Gasteiger charge is -2.14. The molecule has 0 aliphatic carbocycles. The van der Waals surface area contributed by atoms with E-state index in [9.17, 15) is 4.79 Å². The first-order valence-electron chi connectivity index (χ1n) is 8.85. The van der Waals surface area contributed by atoms with E-state index in [2.05, 4.69) is 15.3 Å². The molecule has 3 N–H and O–H groups in total. The van der Waals surface area contributed by atoms with E-state index in [1.807, 2.05) is 43.3 Å². The predicted octanol–water partition coefficient (Wildman–Crippen LogP) is 3.35. The average Bonchev–Trinajstić information content (AvgIpc) is 2.71. The SMILES string of the molecule is COc1ccc(Nc2nc(C)nc3ccccc23)cc1OCCCC(=O)NO. The Balaban J connectivity index is 1.79. The largest absolute Gasteiger partial charge is 0.493 e. The first-order chi connectivity index (χ1) is 13.6. The number of fused-ring (bicyclic) bond motifs is 1. The molecule has 0 radical (unpaired) electrons. The number of methoxy groups -OCH3 is 1. The molecule has 3 aromatic rings. The Morgan fingerprint density at radius 3 is 2.75 bits per heavy atom.